The number of hydrogen-bond donors (Lipinski definition) is 3. The number of carbonyl (C=O) groups is 2. The van der Waals surface area contributed by atoms with Gasteiger partial charge in [0, 0.05) is 0 Å². The highest BCUT2D eigenvalue weighted by Crippen LogP contribution is 2.15. The molecule has 8 nitrogen and oxygen atoms in total. The van der Waals surface area contributed by atoms with Gasteiger partial charge in [0.15, 0.2) is 0 Å². The molecule has 0 unspecified atom stereocenters. The largest absolute Gasteiger partial charge is 0.478 e. The maximum absolute atomic E-state index is 10.8. The fraction of sp³-hybridized carbons (Fsp3) is 0. The van der Waals surface area contributed by atoms with Crippen LogP contribution in [0.15, 0.2) is 23.1 Å². The van der Waals surface area contributed by atoms with Crippen molar-refractivity contribution in [3.05, 3.63) is 29.3 Å². The Morgan fingerprint density at radius 3 is 1.53 bits per heavy atom. The third-order valence-corrected chi connectivity index (χ3v) is 2.53. The third kappa shape index (κ3) is 3.52. The maximum atomic E-state index is 10.8. The van der Waals surface area contributed by atoms with Gasteiger partial charge >= 0.3 is 11.9 Å². The van der Waals surface area contributed by atoms with Crippen molar-refractivity contribution in [2.75, 3.05) is 0 Å². The monoisotopic (exact) mass is 264 g/mol. The molecular weight excluding hydrogens is 256 g/mol. The fourth-order valence-corrected chi connectivity index (χ4v) is 1.55. The van der Waals surface area contributed by atoms with E-state index in [-0.39, 0.29) is 5.48 Å². The van der Waals surface area contributed by atoms with Crippen molar-refractivity contribution < 1.29 is 38.2 Å². The van der Waals surface area contributed by atoms with E-state index in [1.54, 1.807) is 0 Å². The van der Waals surface area contributed by atoms with E-state index in [0.29, 0.717) is 12.1 Å². The molecule has 0 saturated heterocycles. The molecule has 0 heterocycles. The maximum Gasteiger partial charge on any atom is 0.335 e. The predicted molar refractivity (Wildman–Crippen MR) is 53.8 cm³/mol. The summed E-state index contributed by atoms with van der Waals surface area (Å²) in [5, 5.41) is 17.2. The zero-order chi connectivity index (χ0) is 12.5. The van der Waals surface area contributed by atoms with Crippen molar-refractivity contribution in [2.45, 2.75) is 4.90 Å². The summed E-state index contributed by atoms with van der Waals surface area (Å²) in [6, 6.07) is 2.13. The lowest BCUT2D eigenvalue weighted by Gasteiger charge is -2.02. The van der Waals surface area contributed by atoms with Gasteiger partial charge in [-0.2, -0.15) is 8.42 Å². The van der Waals surface area contributed by atoms with Gasteiger partial charge in [-0.1, -0.05) is 0 Å². The van der Waals surface area contributed by atoms with Crippen LogP contribution in [0, 0.1) is 0 Å². The highest BCUT2D eigenvalue weighted by atomic mass is 32.2. The van der Waals surface area contributed by atoms with Gasteiger partial charge in [0.1, 0.15) is 0 Å². The normalized spacial score (nSPS) is 10.4. The third-order valence-electron chi connectivity index (χ3n) is 1.70. The Morgan fingerprint density at radius 2 is 1.29 bits per heavy atom. The number of rotatable bonds is 3. The zero-order valence-electron chi connectivity index (χ0n) is 8.11. The summed E-state index contributed by atoms with van der Waals surface area (Å²) in [4.78, 5) is 20.4. The van der Waals surface area contributed by atoms with E-state index < -0.39 is 38.1 Å². The predicted octanol–water partition coefficient (Wildman–Crippen LogP) is -0.495. The molecule has 9 heteroatoms. The molecule has 0 fully saturated rings. The molecule has 0 aliphatic carbocycles. The Labute approximate surface area is 95.2 Å². The molecule has 0 aromatic heterocycles. The Morgan fingerprint density at radius 1 is 0.941 bits per heavy atom. The van der Waals surface area contributed by atoms with E-state index in [1.165, 1.54) is 0 Å². The van der Waals surface area contributed by atoms with Gasteiger partial charge in [-0.15, -0.1) is 0 Å². The second-order valence-electron chi connectivity index (χ2n) is 2.83. The van der Waals surface area contributed by atoms with Gasteiger partial charge in [-0.25, -0.2) is 9.59 Å². The van der Waals surface area contributed by atoms with Crippen LogP contribution in [-0.2, 0) is 10.1 Å². The molecule has 0 amide bonds. The summed E-state index contributed by atoms with van der Waals surface area (Å²) < 4.78 is 30.2. The van der Waals surface area contributed by atoms with Crippen LogP contribution in [0.5, 0.6) is 0 Å². The molecule has 1 aromatic carbocycles. The second-order valence-corrected chi connectivity index (χ2v) is 4.25. The molecule has 0 aliphatic heterocycles. The summed E-state index contributed by atoms with van der Waals surface area (Å²) in [7, 11) is -4.64. The number of benzene rings is 1. The fourth-order valence-electron chi connectivity index (χ4n) is 0.995. The standard InChI is InChI=1S/C8H6O7S.H2O/c9-7(10)4-1-5(8(11)12)3-6(2-4)16(13,14)15;/h1-3H,(H,9,10)(H,11,12)(H,13,14,15);1H2. The van der Waals surface area contributed by atoms with Crippen molar-refractivity contribution >= 4 is 22.1 Å². The van der Waals surface area contributed by atoms with Gasteiger partial charge in [0.05, 0.1) is 16.0 Å². The molecule has 0 spiro atoms. The minimum Gasteiger partial charge on any atom is -0.478 e. The molecule has 1 rings (SSSR count). The summed E-state index contributed by atoms with van der Waals surface area (Å²) >= 11 is 0. The van der Waals surface area contributed by atoms with Crippen LogP contribution in [-0.4, -0.2) is 40.6 Å². The first-order valence-corrected chi connectivity index (χ1v) is 5.25. The van der Waals surface area contributed by atoms with Crippen molar-refractivity contribution in [2.24, 2.45) is 0 Å². The summed E-state index contributed by atoms with van der Waals surface area (Å²) in [6.07, 6.45) is 0. The molecule has 0 aliphatic rings. The van der Waals surface area contributed by atoms with Crippen molar-refractivity contribution in [1.29, 1.82) is 0 Å². The number of carboxylic acids is 2. The molecule has 0 radical (unpaired) electrons. The minimum absolute atomic E-state index is 0. The van der Waals surface area contributed by atoms with Crippen molar-refractivity contribution in [3.8, 4) is 0 Å². The van der Waals surface area contributed by atoms with Gasteiger partial charge in [0.25, 0.3) is 10.1 Å². The Balaban J connectivity index is 0.00000256. The first-order chi connectivity index (χ1) is 7.21. The van der Waals surface area contributed by atoms with Crippen molar-refractivity contribution in [3.63, 3.8) is 0 Å². The Bertz CT molecular complexity index is 527. The van der Waals surface area contributed by atoms with E-state index in [4.69, 9.17) is 14.8 Å². The van der Waals surface area contributed by atoms with Crippen LogP contribution < -0.4 is 0 Å². The van der Waals surface area contributed by atoms with E-state index >= 15 is 0 Å². The Kier molecular flexibility index (Phi) is 4.34. The number of aromatic carboxylic acids is 2. The van der Waals surface area contributed by atoms with E-state index in [2.05, 4.69) is 0 Å². The summed E-state index contributed by atoms with van der Waals surface area (Å²) in [5.41, 5.74) is -1.07. The van der Waals surface area contributed by atoms with E-state index in [1.807, 2.05) is 0 Å². The number of carboxylic acid groups (broad SMARTS) is 2. The summed E-state index contributed by atoms with van der Waals surface area (Å²) in [6.45, 7) is 0. The SMILES string of the molecule is O.O=C(O)c1cc(C(=O)O)cc(S(=O)(=O)O)c1. The lowest BCUT2D eigenvalue weighted by molar-refractivity contribution is 0.0696. The average molecular weight is 264 g/mol. The molecule has 0 saturated carbocycles. The van der Waals surface area contributed by atoms with Crippen LogP contribution in [0.2, 0.25) is 0 Å². The highest BCUT2D eigenvalue weighted by Gasteiger charge is 2.17. The van der Waals surface area contributed by atoms with Crippen LogP contribution in [0.1, 0.15) is 20.7 Å². The molecule has 0 bridgehead atoms. The minimum atomic E-state index is -4.64. The summed E-state index contributed by atoms with van der Waals surface area (Å²) in [5.74, 6) is -2.99. The molecule has 5 N–H and O–H groups in total. The van der Waals surface area contributed by atoms with Crippen LogP contribution >= 0.6 is 0 Å². The molecule has 0 atom stereocenters. The van der Waals surface area contributed by atoms with E-state index in [0.717, 1.165) is 6.07 Å². The molecular formula is C8H8O8S. The van der Waals surface area contributed by atoms with Crippen LogP contribution in [0.25, 0.3) is 0 Å². The Hall–Kier alpha value is -1.97. The van der Waals surface area contributed by atoms with Crippen molar-refractivity contribution in [1.82, 2.24) is 0 Å². The van der Waals surface area contributed by atoms with E-state index in [9.17, 15) is 18.0 Å². The second kappa shape index (κ2) is 4.91. The highest BCUT2D eigenvalue weighted by molar-refractivity contribution is 7.85. The molecule has 17 heavy (non-hydrogen) atoms. The van der Waals surface area contributed by atoms with Gasteiger partial charge in [0.2, 0.25) is 0 Å². The van der Waals surface area contributed by atoms with Crippen LogP contribution in [0.3, 0.4) is 0 Å². The van der Waals surface area contributed by atoms with Gasteiger partial charge in [-0.05, 0) is 18.2 Å². The average Bonchev–Trinajstić information content (AvgIpc) is 2.15. The first-order valence-electron chi connectivity index (χ1n) is 3.81. The van der Waals surface area contributed by atoms with Gasteiger partial charge < -0.3 is 15.7 Å². The number of hydrogen-bond acceptors (Lipinski definition) is 4. The lowest BCUT2D eigenvalue weighted by atomic mass is 10.1. The first kappa shape index (κ1) is 15.0. The smallest absolute Gasteiger partial charge is 0.335 e. The quantitative estimate of drug-likeness (QED) is 0.620. The van der Waals surface area contributed by atoms with Gasteiger partial charge in [-0.3, -0.25) is 4.55 Å². The molecule has 1 aromatic rings. The zero-order valence-corrected chi connectivity index (χ0v) is 8.93. The molecule has 94 valence electrons. The topological polar surface area (TPSA) is 160 Å². The lowest BCUT2D eigenvalue weighted by Crippen LogP contribution is -2.07. The van der Waals surface area contributed by atoms with Crippen LogP contribution in [0.4, 0.5) is 0 Å².